The molecule has 0 aliphatic carbocycles. The largest absolute Gasteiger partial charge is 0.289 e. The summed E-state index contributed by atoms with van der Waals surface area (Å²) in [7, 11) is 0. The number of amides is 1. The summed E-state index contributed by atoms with van der Waals surface area (Å²) in [5.41, 5.74) is 4.66. The molecule has 0 radical (unpaired) electrons. The number of hydrogen-bond donors (Lipinski definition) is 1. The minimum atomic E-state index is -0.435. The molecule has 6 nitrogen and oxygen atoms in total. The van der Waals surface area contributed by atoms with Gasteiger partial charge in [-0.25, -0.2) is 10.4 Å². The number of hydrazone groups is 1. The lowest BCUT2D eigenvalue weighted by Gasteiger charge is -2.06. The van der Waals surface area contributed by atoms with Crippen LogP contribution in [0.2, 0.25) is 5.02 Å². The lowest BCUT2D eigenvalue weighted by molar-refractivity contribution is -0.121. The van der Waals surface area contributed by atoms with Gasteiger partial charge in [-0.2, -0.15) is 5.10 Å². The summed E-state index contributed by atoms with van der Waals surface area (Å²) >= 11 is 7.52. The second-order valence-electron chi connectivity index (χ2n) is 6.57. The highest BCUT2D eigenvalue weighted by atomic mass is 35.5. The topological polar surface area (TPSA) is 76.3 Å². The summed E-state index contributed by atoms with van der Waals surface area (Å²) in [6, 6.07) is 16.9. The number of nitrogens with zero attached hydrogens (tertiary/aromatic N) is 3. The predicted octanol–water partition coefficient (Wildman–Crippen LogP) is 4.24. The zero-order valence-electron chi connectivity index (χ0n) is 16.0. The highest BCUT2D eigenvalue weighted by Crippen LogP contribution is 2.35. The first-order valence-electron chi connectivity index (χ1n) is 9.15. The van der Waals surface area contributed by atoms with Crippen LogP contribution in [0.4, 0.5) is 0 Å². The summed E-state index contributed by atoms with van der Waals surface area (Å²) < 4.78 is 1.29. The molecule has 0 atom stereocenters. The highest BCUT2D eigenvalue weighted by Gasteiger charge is 2.17. The van der Waals surface area contributed by atoms with Crippen LogP contribution in [-0.2, 0) is 11.3 Å². The molecule has 0 unspecified atom stereocenters. The molecule has 4 aromatic rings. The van der Waals surface area contributed by atoms with Gasteiger partial charge in [0, 0.05) is 21.0 Å². The van der Waals surface area contributed by atoms with Gasteiger partial charge in [-0.05, 0) is 18.6 Å². The molecule has 0 bridgehead atoms. The van der Waals surface area contributed by atoms with Crippen molar-refractivity contribution in [1.82, 2.24) is 15.0 Å². The van der Waals surface area contributed by atoms with E-state index in [-0.39, 0.29) is 12.1 Å². The van der Waals surface area contributed by atoms with Crippen LogP contribution >= 0.6 is 22.9 Å². The fraction of sp³-hybridized carbons (Fsp3) is 0.0909. The van der Waals surface area contributed by atoms with Gasteiger partial charge in [0.15, 0.2) is 0 Å². The highest BCUT2D eigenvalue weighted by molar-refractivity contribution is 7.19. The van der Waals surface area contributed by atoms with Crippen molar-refractivity contribution in [3.8, 4) is 11.1 Å². The van der Waals surface area contributed by atoms with Crippen molar-refractivity contribution in [3.63, 3.8) is 0 Å². The third-order valence-corrected chi connectivity index (χ3v) is 5.89. The van der Waals surface area contributed by atoms with Gasteiger partial charge in [0.1, 0.15) is 11.4 Å². The van der Waals surface area contributed by atoms with E-state index in [9.17, 15) is 9.59 Å². The molecule has 0 fully saturated rings. The SMILES string of the molecule is Cc1sc2ncn(CC(=O)N/N=C\c3ccccc3Cl)c(=O)c2c1-c1ccccc1. The Bertz CT molecular complexity index is 1310. The van der Waals surface area contributed by atoms with Crippen LogP contribution in [0.15, 0.2) is 70.8 Å². The first kappa shape index (κ1) is 20.0. The summed E-state index contributed by atoms with van der Waals surface area (Å²) in [5, 5.41) is 4.97. The van der Waals surface area contributed by atoms with Crippen molar-refractivity contribution >= 4 is 45.3 Å². The van der Waals surface area contributed by atoms with Gasteiger partial charge in [-0.1, -0.05) is 60.1 Å². The van der Waals surface area contributed by atoms with Gasteiger partial charge in [-0.3, -0.25) is 14.2 Å². The molecule has 2 aromatic carbocycles. The molecule has 1 amide bonds. The number of halogens is 1. The van der Waals surface area contributed by atoms with Gasteiger partial charge in [0.2, 0.25) is 0 Å². The van der Waals surface area contributed by atoms with E-state index < -0.39 is 5.91 Å². The van der Waals surface area contributed by atoms with Crippen molar-refractivity contribution in [2.75, 3.05) is 0 Å². The molecular formula is C22H17ClN4O2S. The molecule has 2 heterocycles. The number of aromatic nitrogens is 2. The van der Waals surface area contributed by atoms with Crippen LogP contribution in [0.3, 0.4) is 0 Å². The fourth-order valence-corrected chi connectivity index (χ4v) is 4.33. The molecule has 0 aliphatic heterocycles. The van der Waals surface area contributed by atoms with Crippen molar-refractivity contribution in [2.24, 2.45) is 5.10 Å². The van der Waals surface area contributed by atoms with Crippen LogP contribution in [0.25, 0.3) is 21.3 Å². The molecule has 4 rings (SSSR count). The van der Waals surface area contributed by atoms with E-state index in [1.165, 1.54) is 28.4 Å². The molecule has 150 valence electrons. The van der Waals surface area contributed by atoms with E-state index in [1.54, 1.807) is 12.1 Å². The Morgan fingerprint density at radius 3 is 2.70 bits per heavy atom. The van der Waals surface area contributed by atoms with Crippen molar-refractivity contribution < 1.29 is 4.79 Å². The maximum Gasteiger partial charge on any atom is 0.263 e. The third-order valence-electron chi connectivity index (χ3n) is 4.53. The second kappa shape index (κ2) is 8.61. The van der Waals surface area contributed by atoms with E-state index >= 15 is 0 Å². The van der Waals surface area contributed by atoms with E-state index in [2.05, 4.69) is 15.5 Å². The summed E-state index contributed by atoms with van der Waals surface area (Å²) in [6.07, 6.45) is 2.85. The van der Waals surface area contributed by atoms with Crippen molar-refractivity contribution in [2.45, 2.75) is 13.5 Å². The smallest absolute Gasteiger partial charge is 0.263 e. The Morgan fingerprint density at radius 2 is 1.93 bits per heavy atom. The fourth-order valence-electron chi connectivity index (χ4n) is 3.15. The minimum Gasteiger partial charge on any atom is -0.289 e. The molecule has 0 aliphatic rings. The second-order valence-corrected chi connectivity index (χ2v) is 8.18. The van der Waals surface area contributed by atoms with E-state index in [1.807, 2.05) is 49.4 Å². The number of hydrogen-bond acceptors (Lipinski definition) is 5. The van der Waals surface area contributed by atoms with Gasteiger partial charge >= 0.3 is 0 Å². The average Bonchev–Trinajstić information content (AvgIpc) is 3.09. The Hall–Kier alpha value is -3.29. The van der Waals surface area contributed by atoms with E-state index in [4.69, 9.17) is 11.6 Å². The van der Waals surface area contributed by atoms with Crippen LogP contribution in [0, 0.1) is 6.92 Å². The molecule has 0 saturated carbocycles. The lowest BCUT2D eigenvalue weighted by atomic mass is 10.0. The third kappa shape index (κ3) is 4.03. The Balaban J connectivity index is 1.59. The number of benzene rings is 2. The molecule has 1 N–H and O–H groups in total. The maximum absolute atomic E-state index is 13.1. The van der Waals surface area contributed by atoms with Crippen LogP contribution in [0.5, 0.6) is 0 Å². The first-order chi connectivity index (χ1) is 14.5. The van der Waals surface area contributed by atoms with E-state index in [0.29, 0.717) is 20.8 Å². The van der Waals surface area contributed by atoms with Gasteiger partial charge in [0.25, 0.3) is 11.5 Å². The predicted molar refractivity (Wildman–Crippen MR) is 121 cm³/mol. The van der Waals surface area contributed by atoms with E-state index in [0.717, 1.165) is 16.0 Å². The van der Waals surface area contributed by atoms with Gasteiger partial charge < -0.3 is 0 Å². The Morgan fingerprint density at radius 1 is 1.20 bits per heavy atom. The lowest BCUT2D eigenvalue weighted by Crippen LogP contribution is -2.30. The number of carbonyl (C=O) groups is 1. The number of fused-ring (bicyclic) bond motifs is 1. The molecular weight excluding hydrogens is 420 g/mol. The number of thiophene rings is 1. The number of carbonyl (C=O) groups excluding carboxylic acids is 1. The summed E-state index contributed by atoms with van der Waals surface area (Å²) in [5.74, 6) is -0.435. The standard InChI is InChI=1S/C22H17ClN4O2S/c1-14-19(15-7-3-2-4-8-15)20-21(30-14)24-13-27(22(20)29)12-18(28)26-25-11-16-9-5-6-10-17(16)23/h2-11,13H,12H2,1H3,(H,26,28)/b25-11-. The first-order valence-corrected chi connectivity index (χ1v) is 10.3. The molecule has 2 aromatic heterocycles. The minimum absolute atomic E-state index is 0.190. The van der Waals surface area contributed by atoms with Crippen LogP contribution < -0.4 is 11.0 Å². The zero-order valence-corrected chi connectivity index (χ0v) is 17.6. The van der Waals surface area contributed by atoms with Crippen LogP contribution in [0.1, 0.15) is 10.4 Å². The molecule has 0 spiro atoms. The number of rotatable bonds is 5. The van der Waals surface area contributed by atoms with Gasteiger partial charge in [-0.15, -0.1) is 11.3 Å². The monoisotopic (exact) mass is 436 g/mol. The number of nitrogens with one attached hydrogen (secondary N) is 1. The zero-order chi connectivity index (χ0) is 21.1. The number of aryl methyl sites for hydroxylation is 1. The summed E-state index contributed by atoms with van der Waals surface area (Å²) in [4.78, 5) is 31.4. The quantitative estimate of drug-likeness (QED) is 0.375. The average molecular weight is 437 g/mol. The molecule has 0 saturated heterocycles. The normalized spacial score (nSPS) is 11.3. The van der Waals surface area contributed by atoms with Crippen molar-refractivity contribution in [1.29, 1.82) is 0 Å². The Kier molecular flexibility index (Phi) is 5.74. The van der Waals surface area contributed by atoms with Crippen LogP contribution in [-0.4, -0.2) is 21.7 Å². The molecule has 8 heteroatoms. The van der Waals surface area contributed by atoms with Crippen molar-refractivity contribution in [3.05, 3.63) is 86.7 Å². The maximum atomic E-state index is 13.1. The molecule has 30 heavy (non-hydrogen) atoms. The summed E-state index contributed by atoms with van der Waals surface area (Å²) in [6.45, 7) is 1.78. The van der Waals surface area contributed by atoms with Gasteiger partial charge in [0.05, 0.1) is 17.9 Å². The Labute approximate surface area is 181 Å².